The van der Waals surface area contributed by atoms with Crippen LogP contribution in [0.3, 0.4) is 0 Å². The Morgan fingerprint density at radius 3 is 2.60 bits per heavy atom. The SMILES string of the molecule is CCN(Cc1ccco1)S(=O)(=O)c1ccc(C(=O)O)o1. The minimum absolute atomic E-state index is 0.0505. The van der Waals surface area contributed by atoms with Gasteiger partial charge in [0.1, 0.15) is 5.76 Å². The van der Waals surface area contributed by atoms with Gasteiger partial charge in [-0.1, -0.05) is 6.92 Å². The van der Waals surface area contributed by atoms with Gasteiger partial charge in [0.25, 0.3) is 10.0 Å². The van der Waals surface area contributed by atoms with Gasteiger partial charge in [-0.05, 0) is 24.3 Å². The maximum atomic E-state index is 12.3. The van der Waals surface area contributed by atoms with Crippen molar-refractivity contribution in [2.24, 2.45) is 0 Å². The minimum Gasteiger partial charge on any atom is -0.475 e. The van der Waals surface area contributed by atoms with E-state index >= 15 is 0 Å². The molecule has 0 amide bonds. The van der Waals surface area contributed by atoms with Crippen LogP contribution < -0.4 is 0 Å². The summed E-state index contributed by atoms with van der Waals surface area (Å²) in [6.45, 7) is 1.92. The summed E-state index contributed by atoms with van der Waals surface area (Å²) in [4.78, 5) is 10.7. The monoisotopic (exact) mass is 299 g/mol. The van der Waals surface area contributed by atoms with Crippen molar-refractivity contribution in [3.63, 3.8) is 0 Å². The first-order valence-electron chi connectivity index (χ1n) is 5.80. The lowest BCUT2D eigenvalue weighted by Crippen LogP contribution is -2.30. The Hall–Kier alpha value is -2.06. The molecular weight excluding hydrogens is 286 g/mol. The summed E-state index contributed by atoms with van der Waals surface area (Å²) in [7, 11) is -3.90. The van der Waals surface area contributed by atoms with Gasteiger partial charge in [-0.2, -0.15) is 4.31 Å². The van der Waals surface area contributed by atoms with E-state index < -0.39 is 26.8 Å². The molecular formula is C12H13NO6S. The van der Waals surface area contributed by atoms with Crippen LogP contribution in [0.5, 0.6) is 0 Å². The van der Waals surface area contributed by atoms with Crippen molar-refractivity contribution >= 4 is 16.0 Å². The van der Waals surface area contributed by atoms with Crippen molar-refractivity contribution in [3.8, 4) is 0 Å². The second-order valence-electron chi connectivity index (χ2n) is 3.93. The molecule has 8 heteroatoms. The van der Waals surface area contributed by atoms with Gasteiger partial charge in [0, 0.05) is 6.54 Å². The Morgan fingerprint density at radius 1 is 1.35 bits per heavy atom. The van der Waals surface area contributed by atoms with Crippen molar-refractivity contribution < 1.29 is 27.2 Å². The lowest BCUT2D eigenvalue weighted by Gasteiger charge is -2.17. The molecule has 0 radical (unpaired) electrons. The average Bonchev–Trinajstić information content (AvgIpc) is 3.06. The quantitative estimate of drug-likeness (QED) is 0.872. The molecule has 0 saturated heterocycles. The molecule has 20 heavy (non-hydrogen) atoms. The van der Waals surface area contributed by atoms with Crippen LogP contribution in [0.15, 0.2) is 44.5 Å². The van der Waals surface area contributed by atoms with Crippen molar-refractivity contribution in [3.05, 3.63) is 42.0 Å². The van der Waals surface area contributed by atoms with Crippen LogP contribution in [-0.2, 0) is 16.6 Å². The Bertz CT molecular complexity index is 685. The Morgan fingerprint density at radius 2 is 2.10 bits per heavy atom. The van der Waals surface area contributed by atoms with Crippen LogP contribution in [0.2, 0.25) is 0 Å². The molecule has 0 aliphatic heterocycles. The molecule has 0 fully saturated rings. The molecule has 0 unspecified atom stereocenters. The van der Waals surface area contributed by atoms with Crippen LogP contribution in [-0.4, -0.2) is 30.3 Å². The zero-order valence-electron chi connectivity index (χ0n) is 10.6. The highest BCUT2D eigenvalue weighted by Crippen LogP contribution is 2.20. The van der Waals surface area contributed by atoms with Crippen molar-refractivity contribution in [1.82, 2.24) is 4.31 Å². The Balaban J connectivity index is 2.28. The van der Waals surface area contributed by atoms with E-state index in [1.807, 2.05) is 0 Å². The third-order valence-electron chi connectivity index (χ3n) is 2.65. The molecule has 1 N–H and O–H groups in total. The van der Waals surface area contributed by atoms with E-state index in [1.165, 1.54) is 6.26 Å². The highest BCUT2D eigenvalue weighted by atomic mass is 32.2. The van der Waals surface area contributed by atoms with Gasteiger partial charge in [0.15, 0.2) is 0 Å². The Labute approximate surface area is 115 Å². The van der Waals surface area contributed by atoms with Crippen molar-refractivity contribution in [2.45, 2.75) is 18.6 Å². The molecule has 7 nitrogen and oxygen atoms in total. The highest BCUT2D eigenvalue weighted by molar-refractivity contribution is 7.89. The summed E-state index contributed by atoms with van der Waals surface area (Å²) in [6, 6.07) is 5.55. The first-order chi connectivity index (χ1) is 9.45. The molecule has 0 aliphatic rings. The first-order valence-corrected chi connectivity index (χ1v) is 7.25. The third kappa shape index (κ3) is 2.75. The van der Waals surface area contributed by atoms with Gasteiger partial charge < -0.3 is 13.9 Å². The van der Waals surface area contributed by atoms with E-state index in [0.717, 1.165) is 16.4 Å². The third-order valence-corrected chi connectivity index (χ3v) is 4.45. The van der Waals surface area contributed by atoms with E-state index in [1.54, 1.807) is 19.1 Å². The molecule has 0 aliphatic carbocycles. The minimum atomic E-state index is -3.90. The van der Waals surface area contributed by atoms with Gasteiger partial charge >= 0.3 is 5.97 Å². The number of carboxylic acid groups (broad SMARTS) is 1. The van der Waals surface area contributed by atoms with Gasteiger partial charge in [-0.3, -0.25) is 0 Å². The van der Waals surface area contributed by atoms with Crippen LogP contribution in [0.25, 0.3) is 0 Å². The van der Waals surface area contributed by atoms with Gasteiger partial charge in [-0.25, -0.2) is 13.2 Å². The summed E-state index contributed by atoms with van der Waals surface area (Å²) >= 11 is 0. The lowest BCUT2D eigenvalue weighted by atomic mass is 10.4. The summed E-state index contributed by atoms with van der Waals surface area (Å²) in [5, 5.41) is 8.35. The van der Waals surface area contributed by atoms with Crippen LogP contribution >= 0.6 is 0 Å². The molecule has 0 atom stereocenters. The van der Waals surface area contributed by atoms with Crippen LogP contribution in [0.1, 0.15) is 23.2 Å². The van der Waals surface area contributed by atoms with E-state index in [2.05, 4.69) is 0 Å². The summed E-state index contributed by atoms with van der Waals surface area (Å²) < 4.78 is 35.7. The average molecular weight is 299 g/mol. The number of rotatable bonds is 6. The molecule has 2 aromatic heterocycles. The van der Waals surface area contributed by atoms with Crippen LogP contribution in [0, 0.1) is 0 Å². The molecule has 0 aromatic carbocycles. The van der Waals surface area contributed by atoms with Gasteiger partial charge in [0.2, 0.25) is 10.9 Å². The van der Waals surface area contributed by atoms with E-state index in [9.17, 15) is 13.2 Å². The maximum Gasteiger partial charge on any atom is 0.371 e. The zero-order chi connectivity index (χ0) is 14.8. The lowest BCUT2D eigenvalue weighted by molar-refractivity contribution is 0.0656. The number of hydrogen-bond donors (Lipinski definition) is 1. The molecule has 2 rings (SSSR count). The van der Waals surface area contributed by atoms with E-state index in [0.29, 0.717) is 5.76 Å². The molecule has 0 bridgehead atoms. The van der Waals surface area contributed by atoms with Crippen LogP contribution in [0.4, 0.5) is 0 Å². The Kier molecular flexibility index (Phi) is 3.96. The summed E-state index contributed by atoms with van der Waals surface area (Å²) in [6.07, 6.45) is 1.45. The number of nitrogens with zero attached hydrogens (tertiary/aromatic N) is 1. The fourth-order valence-corrected chi connectivity index (χ4v) is 2.97. The number of carbonyl (C=O) groups is 1. The number of aromatic carboxylic acids is 1. The molecule has 0 saturated carbocycles. The normalized spacial score (nSPS) is 11.9. The predicted octanol–water partition coefficient (Wildman–Crippen LogP) is 1.78. The zero-order valence-corrected chi connectivity index (χ0v) is 11.5. The number of carboxylic acids is 1. The molecule has 2 heterocycles. The molecule has 2 aromatic rings. The fraction of sp³-hybridized carbons (Fsp3) is 0.250. The largest absolute Gasteiger partial charge is 0.475 e. The topological polar surface area (TPSA) is 101 Å². The van der Waals surface area contributed by atoms with Gasteiger partial charge in [0.05, 0.1) is 12.8 Å². The maximum absolute atomic E-state index is 12.3. The number of furan rings is 2. The van der Waals surface area contributed by atoms with Crippen molar-refractivity contribution in [2.75, 3.05) is 6.54 Å². The van der Waals surface area contributed by atoms with Crippen molar-refractivity contribution in [1.29, 1.82) is 0 Å². The number of hydrogen-bond acceptors (Lipinski definition) is 5. The van der Waals surface area contributed by atoms with E-state index in [-0.39, 0.29) is 13.1 Å². The second-order valence-corrected chi connectivity index (χ2v) is 5.80. The first kappa shape index (κ1) is 14.4. The molecule has 0 spiro atoms. The number of sulfonamides is 1. The van der Waals surface area contributed by atoms with E-state index in [4.69, 9.17) is 13.9 Å². The van der Waals surface area contributed by atoms with Gasteiger partial charge in [-0.15, -0.1) is 0 Å². The smallest absolute Gasteiger partial charge is 0.371 e. The summed E-state index contributed by atoms with van der Waals surface area (Å²) in [5.74, 6) is -1.25. The molecule has 108 valence electrons. The second kappa shape index (κ2) is 5.51. The predicted molar refractivity (Wildman–Crippen MR) is 67.6 cm³/mol. The standard InChI is InChI=1S/C12H13NO6S/c1-2-13(8-9-4-3-7-18-9)20(16,17)11-6-5-10(19-11)12(14)15/h3-7H,2,8H2,1H3,(H,14,15). The highest BCUT2D eigenvalue weighted by Gasteiger charge is 2.28. The summed E-state index contributed by atoms with van der Waals surface area (Å²) in [5.41, 5.74) is 0. The fourth-order valence-electron chi connectivity index (χ4n) is 1.64.